The summed E-state index contributed by atoms with van der Waals surface area (Å²) in [6, 6.07) is -0.706. The highest BCUT2D eigenvalue weighted by atomic mass is 16.5. The van der Waals surface area contributed by atoms with E-state index in [0.717, 1.165) is 83.5 Å². The number of unbranched alkanes of at least 4 members (excludes halogenated alkanes) is 34. The van der Waals surface area contributed by atoms with Crippen LogP contribution in [0.3, 0.4) is 0 Å². The zero-order valence-electron chi connectivity index (χ0n) is 43.6. The van der Waals surface area contributed by atoms with Crippen molar-refractivity contribution in [1.29, 1.82) is 0 Å². The standard InChI is InChI=1S/C59H111NO5/c1-4-7-10-13-16-19-22-24-26-28-29-31-33-35-37-40-43-46-49-52-59(64)65-55(50-47-44-41-38-36-34-32-30-27-25-23-20-17-14-11-8-5-2)53-58(63)60-56(54-61)57(62)51-48-45-42-39-21-18-15-12-9-6-3/h17,20,25,27,32,34,55-57,61-62H,4-16,18-19,21-24,26,28-31,33,35-54H2,1-3H3,(H,60,63)/b20-17-,27-25-,34-32-. The van der Waals surface area contributed by atoms with Gasteiger partial charge in [0.05, 0.1) is 25.2 Å². The molecule has 0 aliphatic rings. The molecular formula is C59H111NO5. The van der Waals surface area contributed by atoms with E-state index in [1.807, 2.05) is 0 Å². The van der Waals surface area contributed by atoms with E-state index < -0.39 is 18.2 Å². The van der Waals surface area contributed by atoms with Crippen LogP contribution < -0.4 is 5.32 Å². The number of carbonyl (C=O) groups excluding carboxylic acids is 2. The predicted molar refractivity (Wildman–Crippen MR) is 282 cm³/mol. The minimum atomic E-state index is -0.791. The van der Waals surface area contributed by atoms with E-state index in [1.165, 1.54) is 173 Å². The first kappa shape index (κ1) is 63.1. The van der Waals surface area contributed by atoms with Crippen LogP contribution in [-0.2, 0) is 14.3 Å². The van der Waals surface area contributed by atoms with Crippen LogP contribution in [0.4, 0.5) is 0 Å². The molecule has 0 saturated carbocycles. The van der Waals surface area contributed by atoms with Gasteiger partial charge in [0.25, 0.3) is 0 Å². The van der Waals surface area contributed by atoms with Gasteiger partial charge in [-0.3, -0.25) is 9.59 Å². The minimum absolute atomic E-state index is 0.0668. The first-order valence-corrected chi connectivity index (χ1v) is 28.7. The van der Waals surface area contributed by atoms with Gasteiger partial charge in [0.2, 0.25) is 5.91 Å². The Balaban J connectivity index is 4.54. The van der Waals surface area contributed by atoms with Crippen LogP contribution in [0.25, 0.3) is 0 Å². The third-order valence-corrected chi connectivity index (χ3v) is 13.2. The van der Waals surface area contributed by atoms with Crippen molar-refractivity contribution in [3.05, 3.63) is 36.5 Å². The van der Waals surface area contributed by atoms with Crippen LogP contribution in [0.1, 0.15) is 303 Å². The number of aliphatic hydroxyl groups excluding tert-OH is 2. The van der Waals surface area contributed by atoms with Crippen molar-refractivity contribution < 1.29 is 24.5 Å². The van der Waals surface area contributed by atoms with Gasteiger partial charge in [0, 0.05) is 6.42 Å². The SMILES string of the molecule is CCCCC/C=C\C/C=C\C/C=C\CCCCCCC(CC(=O)NC(CO)C(O)CCCCCCCCCCCC)OC(=O)CCCCCCCCCCCCCCCCCCCCC. The summed E-state index contributed by atoms with van der Waals surface area (Å²) in [5, 5.41) is 23.8. The Morgan fingerprint density at radius 2 is 0.785 bits per heavy atom. The monoisotopic (exact) mass is 914 g/mol. The molecule has 0 heterocycles. The number of carbonyl (C=O) groups is 2. The lowest BCUT2D eigenvalue weighted by Gasteiger charge is -2.24. The summed E-state index contributed by atoms with van der Waals surface area (Å²) in [6.07, 6.45) is 63.6. The summed E-state index contributed by atoms with van der Waals surface area (Å²) in [6.45, 7) is 6.47. The quantitative estimate of drug-likeness (QED) is 0.0321. The number of esters is 1. The van der Waals surface area contributed by atoms with Crippen LogP contribution >= 0.6 is 0 Å². The van der Waals surface area contributed by atoms with E-state index in [4.69, 9.17) is 4.74 Å². The zero-order valence-corrected chi connectivity index (χ0v) is 43.6. The molecule has 3 N–H and O–H groups in total. The first-order chi connectivity index (χ1) is 32.0. The lowest BCUT2D eigenvalue weighted by atomic mass is 10.0. The van der Waals surface area contributed by atoms with Gasteiger partial charge >= 0.3 is 5.97 Å². The maximum Gasteiger partial charge on any atom is 0.306 e. The topological polar surface area (TPSA) is 95.9 Å². The van der Waals surface area contributed by atoms with Gasteiger partial charge < -0.3 is 20.3 Å². The number of amides is 1. The number of ether oxygens (including phenoxy) is 1. The van der Waals surface area contributed by atoms with Gasteiger partial charge in [-0.1, -0.05) is 263 Å². The van der Waals surface area contributed by atoms with E-state index in [1.54, 1.807) is 0 Å². The second-order valence-corrected chi connectivity index (χ2v) is 19.7. The molecular weight excluding hydrogens is 803 g/mol. The van der Waals surface area contributed by atoms with E-state index in [9.17, 15) is 19.8 Å². The third-order valence-electron chi connectivity index (χ3n) is 13.2. The Bertz CT molecular complexity index is 1070. The molecule has 0 aromatic heterocycles. The van der Waals surface area contributed by atoms with E-state index in [-0.39, 0.29) is 24.9 Å². The molecule has 3 unspecified atom stereocenters. The molecule has 6 nitrogen and oxygen atoms in total. The molecule has 0 spiro atoms. The summed E-state index contributed by atoms with van der Waals surface area (Å²) in [5.41, 5.74) is 0. The third kappa shape index (κ3) is 48.3. The number of nitrogens with one attached hydrogen (secondary N) is 1. The van der Waals surface area contributed by atoms with E-state index in [2.05, 4.69) is 62.5 Å². The van der Waals surface area contributed by atoms with Crippen molar-refractivity contribution in [2.45, 2.75) is 322 Å². The Hall–Kier alpha value is -1.92. The van der Waals surface area contributed by atoms with Crippen molar-refractivity contribution in [2.24, 2.45) is 0 Å². The highest BCUT2D eigenvalue weighted by molar-refractivity contribution is 5.77. The van der Waals surface area contributed by atoms with Gasteiger partial charge in [-0.2, -0.15) is 0 Å². The Labute approximate surface area is 404 Å². The zero-order chi connectivity index (χ0) is 47.4. The smallest absolute Gasteiger partial charge is 0.306 e. The molecule has 3 atom stereocenters. The number of hydrogen-bond acceptors (Lipinski definition) is 5. The maximum atomic E-state index is 13.2. The average molecular weight is 915 g/mol. The van der Waals surface area contributed by atoms with Gasteiger partial charge in [-0.05, 0) is 64.2 Å². The molecule has 0 aromatic carbocycles. The minimum Gasteiger partial charge on any atom is -0.462 e. The van der Waals surface area contributed by atoms with Gasteiger partial charge in [0.15, 0.2) is 0 Å². The van der Waals surface area contributed by atoms with E-state index in [0.29, 0.717) is 19.3 Å². The molecule has 0 bridgehead atoms. The fourth-order valence-corrected chi connectivity index (χ4v) is 8.85. The fraction of sp³-hybridized carbons (Fsp3) is 0.864. The summed E-state index contributed by atoms with van der Waals surface area (Å²) in [7, 11) is 0. The van der Waals surface area contributed by atoms with Gasteiger partial charge in [-0.15, -0.1) is 0 Å². The largest absolute Gasteiger partial charge is 0.462 e. The molecule has 0 aromatic rings. The lowest BCUT2D eigenvalue weighted by Crippen LogP contribution is -2.46. The first-order valence-electron chi connectivity index (χ1n) is 28.7. The summed E-state index contributed by atoms with van der Waals surface area (Å²) in [4.78, 5) is 26.2. The number of allylic oxidation sites excluding steroid dienone is 6. The second kappa shape index (κ2) is 53.0. The van der Waals surface area contributed by atoms with Crippen LogP contribution in [0.15, 0.2) is 36.5 Å². The second-order valence-electron chi connectivity index (χ2n) is 19.7. The molecule has 0 aliphatic heterocycles. The summed E-state index contributed by atoms with van der Waals surface area (Å²) < 4.78 is 5.96. The molecule has 0 rings (SSSR count). The highest BCUT2D eigenvalue weighted by Crippen LogP contribution is 2.18. The van der Waals surface area contributed by atoms with Crippen molar-refractivity contribution in [2.75, 3.05) is 6.61 Å². The van der Waals surface area contributed by atoms with Crippen LogP contribution in [0.5, 0.6) is 0 Å². The molecule has 0 fully saturated rings. The summed E-state index contributed by atoms with van der Waals surface area (Å²) in [5.74, 6) is -0.480. The van der Waals surface area contributed by atoms with Crippen LogP contribution in [0, 0.1) is 0 Å². The maximum absolute atomic E-state index is 13.2. The fourth-order valence-electron chi connectivity index (χ4n) is 8.85. The highest BCUT2D eigenvalue weighted by Gasteiger charge is 2.24. The molecule has 0 radical (unpaired) electrons. The molecule has 6 heteroatoms. The van der Waals surface area contributed by atoms with Crippen LogP contribution in [-0.4, -0.2) is 46.9 Å². The molecule has 0 saturated heterocycles. The Morgan fingerprint density at radius 3 is 1.22 bits per heavy atom. The number of hydrogen-bond donors (Lipinski definition) is 3. The van der Waals surface area contributed by atoms with E-state index >= 15 is 0 Å². The molecule has 1 amide bonds. The number of rotatable bonds is 52. The van der Waals surface area contributed by atoms with Crippen molar-refractivity contribution in [3.63, 3.8) is 0 Å². The average Bonchev–Trinajstić information content (AvgIpc) is 3.30. The number of aliphatic hydroxyl groups is 2. The van der Waals surface area contributed by atoms with Crippen molar-refractivity contribution in [1.82, 2.24) is 5.32 Å². The van der Waals surface area contributed by atoms with Gasteiger partial charge in [0.1, 0.15) is 6.10 Å². The molecule has 0 aliphatic carbocycles. The lowest BCUT2D eigenvalue weighted by molar-refractivity contribution is -0.151. The summed E-state index contributed by atoms with van der Waals surface area (Å²) >= 11 is 0. The van der Waals surface area contributed by atoms with Gasteiger partial charge in [-0.25, -0.2) is 0 Å². The van der Waals surface area contributed by atoms with Crippen molar-refractivity contribution >= 4 is 11.9 Å². The normalized spacial score (nSPS) is 13.4. The Kier molecular flexibility index (Phi) is 51.5. The molecule has 65 heavy (non-hydrogen) atoms. The molecule has 382 valence electrons. The predicted octanol–water partition coefficient (Wildman–Crippen LogP) is 17.6. The van der Waals surface area contributed by atoms with Crippen LogP contribution in [0.2, 0.25) is 0 Å². The Morgan fingerprint density at radius 1 is 0.446 bits per heavy atom. The van der Waals surface area contributed by atoms with Crippen molar-refractivity contribution in [3.8, 4) is 0 Å².